The van der Waals surface area contributed by atoms with Crippen LogP contribution >= 0.6 is 0 Å². The van der Waals surface area contributed by atoms with E-state index in [2.05, 4.69) is 35.9 Å². The number of aromatic amines is 1. The topological polar surface area (TPSA) is 28.7 Å². The number of hydrogen-bond acceptors (Lipinski definition) is 1. The molecule has 0 aliphatic heterocycles. The third-order valence-corrected chi connectivity index (χ3v) is 2.23. The van der Waals surface area contributed by atoms with Crippen molar-refractivity contribution in [1.29, 1.82) is 0 Å². The van der Waals surface area contributed by atoms with Crippen LogP contribution in [0.2, 0.25) is 0 Å². The Kier molecular flexibility index (Phi) is 2.35. The Balaban J connectivity index is 2.34. The van der Waals surface area contributed by atoms with E-state index in [0.29, 0.717) is 5.92 Å². The molecule has 0 aliphatic rings. The highest BCUT2D eigenvalue weighted by Gasteiger charge is 2.05. The first-order valence-corrected chi connectivity index (χ1v) is 4.87. The maximum atomic E-state index is 4.34. The number of rotatable bonds is 2. The summed E-state index contributed by atoms with van der Waals surface area (Å²) in [6.45, 7) is 4.27. The summed E-state index contributed by atoms with van der Waals surface area (Å²) in [4.78, 5) is 7.65. The molecule has 0 saturated heterocycles. The van der Waals surface area contributed by atoms with Crippen molar-refractivity contribution < 1.29 is 0 Å². The number of imidazole rings is 1. The zero-order valence-corrected chi connectivity index (χ0v) is 8.49. The second kappa shape index (κ2) is 3.66. The van der Waals surface area contributed by atoms with Gasteiger partial charge in [-0.05, 0) is 5.56 Å². The van der Waals surface area contributed by atoms with Gasteiger partial charge in [0, 0.05) is 5.92 Å². The summed E-state index contributed by atoms with van der Waals surface area (Å²) in [7, 11) is 0. The van der Waals surface area contributed by atoms with E-state index in [4.69, 9.17) is 0 Å². The zero-order chi connectivity index (χ0) is 9.97. The minimum Gasteiger partial charge on any atom is -0.342 e. The summed E-state index contributed by atoms with van der Waals surface area (Å²) in [5, 5.41) is 0. The number of benzene rings is 1. The Bertz CT molecular complexity index is 401. The first-order chi connectivity index (χ1) is 6.77. The van der Waals surface area contributed by atoms with Gasteiger partial charge in [0.15, 0.2) is 0 Å². The van der Waals surface area contributed by atoms with Gasteiger partial charge in [-0.15, -0.1) is 0 Å². The van der Waals surface area contributed by atoms with Crippen LogP contribution in [0.4, 0.5) is 0 Å². The van der Waals surface area contributed by atoms with Crippen LogP contribution < -0.4 is 0 Å². The summed E-state index contributed by atoms with van der Waals surface area (Å²) in [6, 6.07) is 10.2. The van der Waals surface area contributed by atoms with E-state index in [9.17, 15) is 0 Å². The highest BCUT2D eigenvalue weighted by atomic mass is 14.9. The highest BCUT2D eigenvalue weighted by Crippen LogP contribution is 2.18. The van der Waals surface area contributed by atoms with Crippen LogP contribution in [0.15, 0.2) is 36.5 Å². The quantitative estimate of drug-likeness (QED) is 0.766. The Morgan fingerprint density at radius 1 is 1.14 bits per heavy atom. The second-order valence-corrected chi connectivity index (χ2v) is 3.70. The fourth-order valence-electron chi connectivity index (χ4n) is 1.39. The highest BCUT2D eigenvalue weighted by molar-refractivity contribution is 5.58. The molecule has 1 N–H and O–H groups in total. The normalized spacial score (nSPS) is 10.8. The molecule has 1 heterocycles. The summed E-state index contributed by atoms with van der Waals surface area (Å²) in [6.07, 6.45) is 1.89. The standard InChI is InChI=1S/C12H14N2/c1-9(2)12-13-8-11(14-12)10-6-4-3-5-7-10/h3-9H,1-2H3,(H,13,14). The van der Waals surface area contributed by atoms with Crippen LogP contribution in [0.25, 0.3) is 11.3 Å². The van der Waals surface area contributed by atoms with Crippen molar-refractivity contribution in [2.75, 3.05) is 0 Å². The van der Waals surface area contributed by atoms with E-state index < -0.39 is 0 Å². The third-order valence-electron chi connectivity index (χ3n) is 2.23. The van der Waals surface area contributed by atoms with Crippen LogP contribution in [0.3, 0.4) is 0 Å². The molecule has 0 unspecified atom stereocenters. The first-order valence-electron chi connectivity index (χ1n) is 4.87. The van der Waals surface area contributed by atoms with E-state index in [0.717, 1.165) is 11.5 Å². The van der Waals surface area contributed by atoms with Gasteiger partial charge >= 0.3 is 0 Å². The third kappa shape index (κ3) is 1.69. The van der Waals surface area contributed by atoms with E-state index in [1.165, 1.54) is 5.56 Å². The second-order valence-electron chi connectivity index (χ2n) is 3.70. The summed E-state index contributed by atoms with van der Waals surface area (Å²) >= 11 is 0. The molecular weight excluding hydrogens is 172 g/mol. The molecular formula is C12H14N2. The predicted molar refractivity (Wildman–Crippen MR) is 58.1 cm³/mol. The monoisotopic (exact) mass is 186 g/mol. The Morgan fingerprint density at radius 3 is 2.43 bits per heavy atom. The molecule has 0 radical (unpaired) electrons. The minimum atomic E-state index is 0.451. The molecule has 1 aromatic carbocycles. The van der Waals surface area contributed by atoms with Crippen molar-refractivity contribution in [2.45, 2.75) is 19.8 Å². The fraction of sp³-hybridized carbons (Fsp3) is 0.250. The molecule has 2 heteroatoms. The molecule has 0 saturated carbocycles. The van der Waals surface area contributed by atoms with Crippen LogP contribution in [-0.2, 0) is 0 Å². The molecule has 1 aromatic heterocycles. The lowest BCUT2D eigenvalue weighted by atomic mass is 10.2. The Morgan fingerprint density at radius 2 is 1.86 bits per heavy atom. The van der Waals surface area contributed by atoms with Crippen molar-refractivity contribution in [1.82, 2.24) is 9.97 Å². The van der Waals surface area contributed by atoms with Gasteiger partial charge in [-0.2, -0.15) is 0 Å². The average Bonchev–Trinajstić information content (AvgIpc) is 2.68. The van der Waals surface area contributed by atoms with E-state index in [-0.39, 0.29) is 0 Å². The van der Waals surface area contributed by atoms with Crippen LogP contribution in [-0.4, -0.2) is 9.97 Å². The van der Waals surface area contributed by atoms with Gasteiger partial charge in [-0.1, -0.05) is 44.2 Å². The van der Waals surface area contributed by atoms with Gasteiger partial charge in [0.25, 0.3) is 0 Å². The summed E-state index contributed by atoms with van der Waals surface area (Å²) in [5.74, 6) is 1.50. The maximum Gasteiger partial charge on any atom is 0.109 e. The van der Waals surface area contributed by atoms with Gasteiger partial charge in [0.2, 0.25) is 0 Å². The SMILES string of the molecule is CC(C)c1ncc(-c2ccccc2)[nH]1. The molecule has 2 rings (SSSR count). The summed E-state index contributed by atoms with van der Waals surface area (Å²) in [5.41, 5.74) is 2.28. The van der Waals surface area contributed by atoms with Crippen molar-refractivity contribution in [3.8, 4) is 11.3 Å². The predicted octanol–water partition coefficient (Wildman–Crippen LogP) is 3.20. The lowest BCUT2D eigenvalue weighted by molar-refractivity contribution is 0.795. The van der Waals surface area contributed by atoms with Crippen molar-refractivity contribution in [2.24, 2.45) is 0 Å². The van der Waals surface area contributed by atoms with Gasteiger partial charge in [0.1, 0.15) is 5.82 Å². The molecule has 0 amide bonds. The van der Waals surface area contributed by atoms with Gasteiger partial charge in [-0.25, -0.2) is 4.98 Å². The van der Waals surface area contributed by atoms with E-state index in [1.807, 2.05) is 24.4 Å². The lowest BCUT2D eigenvalue weighted by Crippen LogP contribution is -1.89. The zero-order valence-electron chi connectivity index (χ0n) is 8.49. The molecule has 2 nitrogen and oxygen atoms in total. The Labute approximate surface area is 84.0 Å². The van der Waals surface area contributed by atoms with Crippen molar-refractivity contribution in [3.63, 3.8) is 0 Å². The lowest BCUT2D eigenvalue weighted by Gasteiger charge is -1.98. The Hall–Kier alpha value is -1.57. The molecule has 0 fully saturated rings. The molecule has 72 valence electrons. The van der Waals surface area contributed by atoms with Crippen LogP contribution in [0, 0.1) is 0 Å². The molecule has 0 aliphatic carbocycles. The number of aromatic nitrogens is 2. The number of hydrogen-bond donors (Lipinski definition) is 1. The number of nitrogens with zero attached hydrogens (tertiary/aromatic N) is 1. The fourth-order valence-corrected chi connectivity index (χ4v) is 1.39. The van der Waals surface area contributed by atoms with Gasteiger partial charge in [-0.3, -0.25) is 0 Å². The molecule has 0 bridgehead atoms. The van der Waals surface area contributed by atoms with Gasteiger partial charge in [0.05, 0.1) is 11.9 Å². The van der Waals surface area contributed by atoms with Crippen LogP contribution in [0.5, 0.6) is 0 Å². The molecule has 0 spiro atoms. The van der Waals surface area contributed by atoms with Crippen molar-refractivity contribution in [3.05, 3.63) is 42.4 Å². The van der Waals surface area contributed by atoms with E-state index in [1.54, 1.807) is 0 Å². The minimum absolute atomic E-state index is 0.451. The number of H-pyrrole nitrogens is 1. The van der Waals surface area contributed by atoms with Gasteiger partial charge < -0.3 is 4.98 Å². The molecule has 2 aromatic rings. The first kappa shape index (κ1) is 9.00. The average molecular weight is 186 g/mol. The van der Waals surface area contributed by atoms with Crippen LogP contribution in [0.1, 0.15) is 25.6 Å². The molecule has 0 atom stereocenters. The molecule has 14 heavy (non-hydrogen) atoms. The smallest absolute Gasteiger partial charge is 0.109 e. The van der Waals surface area contributed by atoms with Crippen molar-refractivity contribution >= 4 is 0 Å². The maximum absolute atomic E-state index is 4.34. The summed E-state index contributed by atoms with van der Waals surface area (Å²) < 4.78 is 0. The van der Waals surface area contributed by atoms with E-state index >= 15 is 0 Å². The largest absolute Gasteiger partial charge is 0.342 e. The number of nitrogens with one attached hydrogen (secondary N) is 1.